The first-order valence-corrected chi connectivity index (χ1v) is 7.20. The number of likely N-dealkylation sites (N-methyl/N-ethyl adjacent to an activating group) is 2. The summed E-state index contributed by atoms with van der Waals surface area (Å²) in [5.41, 5.74) is 1.90. The minimum Gasteiger partial charge on any atom is -0.312 e. The van der Waals surface area contributed by atoms with Gasteiger partial charge in [0, 0.05) is 17.3 Å². The van der Waals surface area contributed by atoms with E-state index in [4.69, 9.17) is 11.6 Å². The van der Waals surface area contributed by atoms with E-state index in [1.165, 1.54) is 0 Å². The van der Waals surface area contributed by atoms with Gasteiger partial charge in [-0.05, 0) is 44.6 Å². The topological polar surface area (TPSA) is 23.6 Å². The number of hydrogen-bond acceptors (Lipinski definition) is 2. The Hall–Kier alpha value is -1.06. The van der Waals surface area contributed by atoms with Crippen molar-refractivity contribution < 1.29 is 4.79 Å². The third-order valence-corrected chi connectivity index (χ3v) is 3.74. The molecule has 0 aromatic heterocycles. The number of nitrogens with zero attached hydrogens (tertiary/aromatic N) is 2. The van der Waals surface area contributed by atoms with Crippen molar-refractivity contribution in [2.24, 2.45) is 0 Å². The smallest absolute Gasteiger partial charge is 0.241 e. The fourth-order valence-electron chi connectivity index (χ4n) is 1.98. The zero-order valence-corrected chi connectivity index (χ0v) is 13.0. The predicted octanol–water partition coefficient (Wildman–Crippen LogP) is 3.34. The lowest BCUT2D eigenvalue weighted by molar-refractivity contribution is -0.119. The van der Waals surface area contributed by atoms with Crippen molar-refractivity contribution in [3.05, 3.63) is 28.8 Å². The molecule has 106 valence electrons. The van der Waals surface area contributed by atoms with Crippen LogP contribution >= 0.6 is 11.6 Å². The van der Waals surface area contributed by atoms with E-state index in [0.29, 0.717) is 18.1 Å². The van der Waals surface area contributed by atoms with E-state index in [-0.39, 0.29) is 5.91 Å². The fourth-order valence-corrected chi connectivity index (χ4v) is 2.15. The number of rotatable bonds is 6. The fraction of sp³-hybridized carbons (Fsp3) is 0.533. The average molecular weight is 283 g/mol. The SMILES string of the molecule is CCN(CC)CC(=O)N(CC)c1ccc(C)c(Cl)c1. The van der Waals surface area contributed by atoms with Crippen molar-refractivity contribution in [3.63, 3.8) is 0 Å². The maximum absolute atomic E-state index is 12.3. The minimum absolute atomic E-state index is 0.117. The second-order valence-electron chi connectivity index (χ2n) is 4.53. The van der Waals surface area contributed by atoms with Crippen molar-refractivity contribution in [2.75, 3.05) is 31.1 Å². The maximum Gasteiger partial charge on any atom is 0.241 e. The van der Waals surface area contributed by atoms with E-state index in [1.807, 2.05) is 32.0 Å². The van der Waals surface area contributed by atoms with E-state index in [2.05, 4.69) is 18.7 Å². The molecule has 1 aromatic rings. The van der Waals surface area contributed by atoms with Gasteiger partial charge in [-0.3, -0.25) is 9.69 Å². The van der Waals surface area contributed by atoms with Crippen molar-refractivity contribution in [2.45, 2.75) is 27.7 Å². The van der Waals surface area contributed by atoms with Crippen LogP contribution < -0.4 is 4.90 Å². The number of amides is 1. The zero-order valence-electron chi connectivity index (χ0n) is 12.2. The van der Waals surface area contributed by atoms with Gasteiger partial charge in [0.1, 0.15) is 0 Å². The highest BCUT2D eigenvalue weighted by Gasteiger charge is 2.16. The zero-order chi connectivity index (χ0) is 14.4. The van der Waals surface area contributed by atoms with Gasteiger partial charge in [0.2, 0.25) is 5.91 Å². The molecule has 3 nitrogen and oxygen atoms in total. The normalized spacial score (nSPS) is 10.8. The molecule has 0 radical (unpaired) electrons. The molecule has 4 heteroatoms. The summed E-state index contributed by atoms with van der Waals surface area (Å²) in [7, 11) is 0. The second-order valence-corrected chi connectivity index (χ2v) is 4.94. The largest absolute Gasteiger partial charge is 0.312 e. The Kier molecular flexibility index (Phi) is 6.32. The first-order chi connectivity index (χ1) is 9.03. The number of halogens is 1. The van der Waals surface area contributed by atoms with Gasteiger partial charge in [-0.25, -0.2) is 0 Å². The van der Waals surface area contributed by atoms with E-state index in [1.54, 1.807) is 4.90 Å². The molecule has 0 heterocycles. The van der Waals surface area contributed by atoms with Crippen LogP contribution in [0, 0.1) is 6.92 Å². The van der Waals surface area contributed by atoms with Crippen molar-refractivity contribution in [1.29, 1.82) is 0 Å². The van der Waals surface area contributed by atoms with E-state index in [0.717, 1.165) is 24.3 Å². The van der Waals surface area contributed by atoms with E-state index in [9.17, 15) is 4.79 Å². The molecule has 1 amide bonds. The third-order valence-electron chi connectivity index (χ3n) is 3.34. The van der Waals surface area contributed by atoms with Crippen LogP contribution in [0.25, 0.3) is 0 Å². The molecule has 0 fully saturated rings. The first kappa shape index (κ1) is 16.0. The van der Waals surface area contributed by atoms with Gasteiger partial charge >= 0.3 is 0 Å². The molecular weight excluding hydrogens is 260 g/mol. The molecule has 0 bridgehead atoms. The van der Waals surface area contributed by atoms with Crippen LogP contribution in [0.3, 0.4) is 0 Å². The standard InChI is InChI=1S/C15H23ClN2O/c1-5-17(6-2)11-15(19)18(7-3)13-9-8-12(4)14(16)10-13/h8-10H,5-7,11H2,1-4H3. The molecule has 0 aliphatic carbocycles. The summed E-state index contributed by atoms with van der Waals surface area (Å²) in [5.74, 6) is 0.117. The number of aryl methyl sites for hydroxylation is 1. The third kappa shape index (κ3) is 4.22. The summed E-state index contributed by atoms with van der Waals surface area (Å²) in [6.07, 6.45) is 0. The molecule has 0 aliphatic rings. The van der Waals surface area contributed by atoms with Gasteiger partial charge in [-0.15, -0.1) is 0 Å². The van der Waals surface area contributed by atoms with Crippen LogP contribution in [-0.2, 0) is 4.79 Å². The van der Waals surface area contributed by atoms with Crippen LogP contribution in [-0.4, -0.2) is 37.0 Å². The quantitative estimate of drug-likeness (QED) is 0.799. The number of carbonyl (C=O) groups excluding carboxylic acids is 1. The summed E-state index contributed by atoms with van der Waals surface area (Å²) >= 11 is 6.13. The lowest BCUT2D eigenvalue weighted by Gasteiger charge is -2.25. The summed E-state index contributed by atoms with van der Waals surface area (Å²) < 4.78 is 0. The molecule has 0 atom stereocenters. The summed E-state index contributed by atoms with van der Waals surface area (Å²) in [5, 5.41) is 0.701. The van der Waals surface area contributed by atoms with Crippen LogP contribution in [0.2, 0.25) is 5.02 Å². The Balaban J connectivity index is 2.87. The van der Waals surface area contributed by atoms with E-state index < -0.39 is 0 Å². The van der Waals surface area contributed by atoms with Gasteiger partial charge in [-0.1, -0.05) is 31.5 Å². The van der Waals surface area contributed by atoms with Gasteiger partial charge < -0.3 is 4.90 Å². The molecule has 0 spiro atoms. The Bertz CT molecular complexity index is 430. The highest BCUT2D eigenvalue weighted by atomic mass is 35.5. The van der Waals surface area contributed by atoms with Gasteiger partial charge in [0.15, 0.2) is 0 Å². The van der Waals surface area contributed by atoms with Gasteiger partial charge in [0.05, 0.1) is 6.54 Å². The van der Waals surface area contributed by atoms with Crippen molar-refractivity contribution in [3.8, 4) is 0 Å². The second kappa shape index (κ2) is 7.51. The number of benzene rings is 1. The molecular formula is C15H23ClN2O. The summed E-state index contributed by atoms with van der Waals surface area (Å²) in [6.45, 7) is 10.9. The van der Waals surface area contributed by atoms with Crippen LogP contribution in [0.5, 0.6) is 0 Å². The monoisotopic (exact) mass is 282 g/mol. The Morgan fingerprint density at radius 2 is 1.79 bits per heavy atom. The van der Waals surface area contributed by atoms with Gasteiger partial charge in [-0.2, -0.15) is 0 Å². The van der Waals surface area contributed by atoms with Crippen molar-refractivity contribution >= 4 is 23.2 Å². The predicted molar refractivity (Wildman–Crippen MR) is 82.0 cm³/mol. The van der Waals surface area contributed by atoms with Crippen LogP contribution in [0.1, 0.15) is 26.3 Å². The lowest BCUT2D eigenvalue weighted by Crippen LogP contribution is -2.40. The van der Waals surface area contributed by atoms with Crippen LogP contribution in [0.4, 0.5) is 5.69 Å². The number of hydrogen-bond donors (Lipinski definition) is 0. The molecule has 1 aromatic carbocycles. The van der Waals surface area contributed by atoms with Gasteiger partial charge in [0.25, 0.3) is 0 Å². The summed E-state index contributed by atoms with van der Waals surface area (Å²) in [6, 6.07) is 5.76. The molecule has 19 heavy (non-hydrogen) atoms. The minimum atomic E-state index is 0.117. The number of carbonyl (C=O) groups is 1. The maximum atomic E-state index is 12.3. The van der Waals surface area contributed by atoms with Crippen molar-refractivity contribution in [1.82, 2.24) is 4.90 Å². The van der Waals surface area contributed by atoms with Crippen LogP contribution in [0.15, 0.2) is 18.2 Å². The highest BCUT2D eigenvalue weighted by molar-refractivity contribution is 6.31. The molecule has 0 aliphatic heterocycles. The average Bonchev–Trinajstić information content (AvgIpc) is 2.40. The molecule has 0 N–H and O–H groups in total. The summed E-state index contributed by atoms with van der Waals surface area (Å²) in [4.78, 5) is 16.2. The van der Waals surface area contributed by atoms with E-state index >= 15 is 0 Å². The lowest BCUT2D eigenvalue weighted by atomic mass is 10.2. The Morgan fingerprint density at radius 3 is 2.26 bits per heavy atom. The molecule has 0 unspecified atom stereocenters. The molecule has 0 saturated heterocycles. The highest BCUT2D eigenvalue weighted by Crippen LogP contribution is 2.23. The first-order valence-electron chi connectivity index (χ1n) is 6.82. The Labute approximate surface area is 121 Å². The molecule has 0 saturated carbocycles. The molecule has 1 rings (SSSR count). The number of anilines is 1. The Morgan fingerprint density at radius 1 is 1.16 bits per heavy atom.